The van der Waals surface area contributed by atoms with Crippen LogP contribution in [0, 0.1) is 17.8 Å². The van der Waals surface area contributed by atoms with Crippen LogP contribution >= 0.6 is 23.2 Å². The third-order valence-electron chi connectivity index (χ3n) is 8.01. The van der Waals surface area contributed by atoms with Crippen LogP contribution in [0.3, 0.4) is 0 Å². The van der Waals surface area contributed by atoms with E-state index >= 15 is 0 Å². The molecular formula is C27H28Cl2O3. The highest BCUT2D eigenvalue weighted by Crippen LogP contribution is 2.62. The Morgan fingerprint density at radius 2 is 1.72 bits per heavy atom. The zero-order chi connectivity index (χ0) is 22.6. The first-order chi connectivity index (χ1) is 15.3. The van der Waals surface area contributed by atoms with Gasteiger partial charge in [0.05, 0.1) is 10.0 Å². The summed E-state index contributed by atoms with van der Waals surface area (Å²) in [6.07, 6.45) is 10.8. The van der Waals surface area contributed by atoms with E-state index in [1.807, 2.05) is 13.0 Å². The minimum atomic E-state index is -1.01. The number of aliphatic carboxylic acids is 1. The van der Waals surface area contributed by atoms with Crippen molar-refractivity contribution in [2.75, 3.05) is 0 Å². The minimum Gasteiger partial charge on any atom is -0.508 e. The molecule has 4 fully saturated rings. The smallest absolute Gasteiger partial charge is 0.328 e. The molecule has 0 aliphatic heterocycles. The molecule has 2 aromatic rings. The first kappa shape index (κ1) is 21.9. The topological polar surface area (TPSA) is 57.5 Å². The van der Waals surface area contributed by atoms with Crippen LogP contribution in [-0.2, 0) is 16.6 Å². The highest BCUT2D eigenvalue weighted by Gasteiger charge is 2.52. The molecule has 4 bridgehead atoms. The van der Waals surface area contributed by atoms with Crippen LogP contribution in [0.1, 0.15) is 62.1 Å². The van der Waals surface area contributed by atoms with Crippen LogP contribution < -0.4 is 0 Å². The summed E-state index contributed by atoms with van der Waals surface area (Å²) in [4.78, 5) is 11.0. The molecule has 5 heteroatoms. The average molecular weight is 471 g/mol. The van der Waals surface area contributed by atoms with E-state index in [4.69, 9.17) is 28.3 Å². The maximum Gasteiger partial charge on any atom is 0.328 e. The Morgan fingerprint density at radius 1 is 1.09 bits per heavy atom. The summed E-state index contributed by atoms with van der Waals surface area (Å²) in [6, 6.07) is 7.58. The van der Waals surface area contributed by atoms with Crippen molar-refractivity contribution in [2.24, 2.45) is 17.8 Å². The molecule has 0 atom stereocenters. The normalized spacial score (nSPS) is 28.5. The number of hydrogen-bond donors (Lipinski definition) is 2. The largest absolute Gasteiger partial charge is 0.508 e. The van der Waals surface area contributed by atoms with Gasteiger partial charge in [-0.3, -0.25) is 0 Å². The Labute approximate surface area is 199 Å². The third kappa shape index (κ3) is 3.64. The summed E-state index contributed by atoms with van der Waals surface area (Å²) >= 11 is 13.5. The Kier molecular flexibility index (Phi) is 5.54. The van der Waals surface area contributed by atoms with Crippen LogP contribution in [-0.4, -0.2) is 16.2 Å². The summed E-state index contributed by atoms with van der Waals surface area (Å²) in [5, 5.41) is 21.0. The van der Waals surface area contributed by atoms with Crippen LogP contribution in [0.5, 0.6) is 5.75 Å². The molecule has 0 saturated heterocycles. The van der Waals surface area contributed by atoms with Gasteiger partial charge in [0.2, 0.25) is 0 Å². The first-order valence-electron chi connectivity index (χ1n) is 11.6. The van der Waals surface area contributed by atoms with E-state index in [2.05, 4.69) is 6.07 Å². The Balaban J connectivity index is 1.61. The van der Waals surface area contributed by atoms with Crippen molar-refractivity contribution in [1.29, 1.82) is 0 Å². The maximum atomic E-state index is 11.0. The molecular weight excluding hydrogens is 443 g/mol. The lowest BCUT2D eigenvalue weighted by atomic mass is 9.48. The van der Waals surface area contributed by atoms with Crippen molar-refractivity contribution in [3.63, 3.8) is 0 Å². The molecule has 4 saturated carbocycles. The number of carboxylic acids is 1. The van der Waals surface area contributed by atoms with Crippen molar-refractivity contribution in [1.82, 2.24) is 0 Å². The van der Waals surface area contributed by atoms with Crippen LogP contribution in [0.2, 0.25) is 10.0 Å². The van der Waals surface area contributed by atoms with Gasteiger partial charge >= 0.3 is 5.97 Å². The highest BCUT2D eigenvalue weighted by molar-refractivity contribution is 6.40. The van der Waals surface area contributed by atoms with E-state index in [0.717, 1.165) is 65.3 Å². The molecule has 2 N–H and O–H groups in total. The van der Waals surface area contributed by atoms with Gasteiger partial charge in [0.25, 0.3) is 0 Å². The summed E-state index contributed by atoms with van der Waals surface area (Å²) < 4.78 is 0. The fourth-order valence-corrected chi connectivity index (χ4v) is 7.99. The van der Waals surface area contributed by atoms with E-state index in [-0.39, 0.29) is 5.41 Å². The van der Waals surface area contributed by atoms with E-state index in [1.165, 1.54) is 19.3 Å². The molecule has 168 valence electrons. The molecule has 32 heavy (non-hydrogen) atoms. The van der Waals surface area contributed by atoms with Crippen LogP contribution in [0.15, 0.2) is 30.3 Å². The van der Waals surface area contributed by atoms with E-state index in [1.54, 1.807) is 18.2 Å². The summed E-state index contributed by atoms with van der Waals surface area (Å²) in [5.74, 6) is 1.71. The Bertz CT molecular complexity index is 1080. The number of carboxylic acid groups (broad SMARTS) is 1. The fraction of sp³-hybridized carbons (Fsp3) is 0.444. The summed E-state index contributed by atoms with van der Waals surface area (Å²) in [5.41, 5.74) is 4.36. The number of hydrogen-bond acceptors (Lipinski definition) is 2. The van der Waals surface area contributed by atoms with Gasteiger partial charge in [-0.15, -0.1) is 0 Å². The first-order valence-corrected chi connectivity index (χ1v) is 12.3. The molecule has 6 rings (SSSR count). The lowest BCUT2D eigenvalue weighted by Crippen LogP contribution is -2.48. The van der Waals surface area contributed by atoms with Crippen LogP contribution in [0.25, 0.3) is 17.2 Å². The highest BCUT2D eigenvalue weighted by atomic mass is 35.5. The predicted octanol–water partition coefficient (Wildman–Crippen LogP) is 7.49. The van der Waals surface area contributed by atoms with E-state index in [9.17, 15) is 9.90 Å². The Hall–Kier alpha value is -1.97. The Morgan fingerprint density at radius 3 is 2.28 bits per heavy atom. The number of halogens is 2. The average Bonchev–Trinajstić information content (AvgIpc) is 2.72. The molecule has 4 aliphatic rings. The van der Waals surface area contributed by atoms with Crippen molar-refractivity contribution in [3.8, 4) is 16.9 Å². The summed E-state index contributed by atoms with van der Waals surface area (Å²) in [6.45, 7) is 1.99. The number of phenolic OH excluding ortho intramolecular Hbond substituents is 1. The second-order valence-electron chi connectivity index (χ2n) is 10.1. The predicted molar refractivity (Wildman–Crippen MR) is 129 cm³/mol. The lowest BCUT2D eigenvalue weighted by Gasteiger charge is -2.57. The van der Waals surface area contributed by atoms with Gasteiger partial charge in [-0.05, 0) is 109 Å². The monoisotopic (exact) mass is 470 g/mol. The van der Waals surface area contributed by atoms with Gasteiger partial charge in [-0.2, -0.15) is 0 Å². The van der Waals surface area contributed by atoms with Gasteiger partial charge in [0.1, 0.15) is 5.75 Å². The minimum absolute atomic E-state index is 0.0611. The number of benzene rings is 2. The third-order valence-corrected chi connectivity index (χ3v) is 8.72. The standard InChI is InChI=1S/C27H28Cl2O3/c1-2-20-18(4-6-24(31)32)11-22(28)25(26(20)29)19-3-5-23(30)21(10-19)27-12-15-7-16(13-27)9-17(8-15)14-27/h3-6,10-11,15-17,30H,2,7-9,12-14H2,1H3,(H,31,32). The van der Waals surface area contributed by atoms with Crippen molar-refractivity contribution >= 4 is 35.2 Å². The number of rotatable bonds is 5. The van der Waals surface area contributed by atoms with E-state index < -0.39 is 5.97 Å². The number of phenols is 1. The number of carbonyl (C=O) groups is 1. The fourth-order valence-electron chi connectivity index (χ4n) is 7.17. The lowest BCUT2D eigenvalue weighted by molar-refractivity contribution is -0.131. The second-order valence-corrected chi connectivity index (χ2v) is 10.9. The molecule has 2 aromatic carbocycles. The van der Waals surface area contributed by atoms with Gasteiger partial charge in [0, 0.05) is 17.2 Å². The van der Waals surface area contributed by atoms with Gasteiger partial charge in [-0.1, -0.05) is 36.2 Å². The summed E-state index contributed by atoms with van der Waals surface area (Å²) in [7, 11) is 0. The zero-order valence-corrected chi connectivity index (χ0v) is 19.7. The zero-order valence-electron chi connectivity index (χ0n) is 18.2. The molecule has 0 spiro atoms. The van der Waals surface area contributed by atoms with Crippen molar-refractivity contribution < 1.29 is 15.0 Å². The van der Waals surface area contributed by atoms with Gasteiger partial charge in [0.15, 0.2) is 0 Å². The molecule has 0 amide bonds. The molecule has 0 heterocycles. The maximum absolute atomic E-state index is 11.0. The SMILES string of the molecule is CCc1c(C=CC(=O)O)cc(Cl)c(-c2ccc(O)c(C34CC5CC(CC(C5)C3)C4)c2)c1Cl. The second kappa shape index (κ2) is 8.11. The van der Waals surface area contributed by atoms with Crippen molar-refractivity contribution in [2.45, 2.75) is 57.3 Å². The van der Waals surface area contributed by atoms with Gasteiger partial charge < -0.3 is 10.2 Å². The van der Waals surface area contributed by atoms with Gasteiger partial charge in [-0.25, -0.2) is 4.79 Å². The van der Waals surface area contributed by atoms with E-state index in [0.29, 0.717) is 27.8 Å². The molecule has 0 aromatic heterocycles. The molecule has 3 nitrogen and oxygen atoms in total. The van der Waals surface area contributed by atoms with Crippen molar-refractivity contribution in [3.05, 3.63) is 57.1 Å². The molecule has 0 unspecified atom stereocenters. The van der Waals surface area contributed by atoms with Crippen LogP contribution in [0.4, 0.5) is 0 Å². The molecule has 0 radical (unpaired) electrons. The quantitative estimate of drug-likeness (QED) is 0.444. The molecule has 4 aliphatic carbocycles. The number of aromatic hydroxyl groups is 1.